The minimum absolute atomic E-state index is 0.0734. The number of sulfonamides is 1. The molecule has 0 aliphatic heterocycles. The standard InChI is InChI=1S/C35H37N3O3S/c1-24-11-12-25(2)28(19-24)23-38-32-18-15-30(37-42(40,41)31-16-13-29(14-17-31)35(3,4)5)20-27(32)21-33(38)34(39)36-22-26-9-7-6-8-10-26/h6-21,37H,22-23H2,1-5H3,(H,36,39). The summed E-state index contributed by atoms with van der Waals surface area (Å²) < 4.78 is 31.2. The maximum atomic E-state index is 13.5. The lowest BCUT2D eigenvalue weighted by molar-refractivity contribution is 0.0942. The first kappa shape index (κ1) is 29.1. The van der Waals surface area contributed by atoms with Crippen molar-refractivity contribution in [1.82, 2.24) is 9.88 Å². The minimum atomic E-state index is -3.80. The van der Waals surface area contributed by atoms with Crippen LogP contribution in [-0.4, -0.2) is 18.9 Å². The average molecular weight is 580 g/mol. The van der Waals surface area contributed by atoms with E-state index >= 15 is 0 Å². The molecule has 1 heterocycles. The molecule has 2 N–H and O–H groups in total. The van der Waals surface area contributed by atoms with Crippen LogP contribution in [0.2, 0.25) is 0 Å². The van der Waals surface area contributed by atoms with E-state index < -0.39 is 10.0 Å². The van der Waals surface area contributed by atoms with Gasteiger partial charge in [-0.25, -0.2) is 8.42 Å². The number of rotatable bonds is 8. The molecule has 0 bridgehead atoms. The molecule has 0 aliphatic carbocycles. The van der Waals surface area contributed by atoms with Crippen molar-refractivity contribution in [3.8, 4) is 0 Å². The Labute approximate surface area is 248 Å². The van der Waals surface area contributed by atoms with Gasteiger partial charge in [-0.05, 0) is 77.9 Å². The van der Waals surface area contributed by atoms with Gasteiger partial charge in [0, 0.05) is 29.7 Å². The van der Waals surface area contributed by atoms with Gasteiger partial charge in [0.1, 0.15) is 5.69 Å². The van der Waals surface area contributed by atoms with Crippen molar-refractivity contribution >= 4 is 32.5 Å². The number of hydrogen-bond donors (Lipinski definition) is 2. The van der Waals surface area contributed by atoms with Crippen LogP contribution in [0.15, 0.2) is 102 Å². The predicted octanol–water partition coefficient (Wildman–Crippen LogP) is 7.33. The lowest BCUT2D eigenvalue weighted by Gasteiger charge is -2.19. The molecule has 6 nitrogen and oxygen atoms in total. The largest absolute Gasteiger partial charge is 0.347 e. The molecule has 0 fully saturated rings. The van der Waals surface area contributed by atoms with Crippen LogP contribution in [0, 0.1) is 13.8 Å². The van der Waals surface area contributed by atoms with Crippen molar-refractivity contribution in [2.75, 3.05) is 4.72 Å². The highest BCUT2D eigenvalue weighted by Gasteiger charge is 2.20. The van der Waals surface area contributed by atoms with Crippen LogP contribution < -0.4 is 10.0 Å². The second kappa shape index (κ2) is 11.5. The van der Waals surface area contributed by atoms with Crippen LogP contribution >= 0.6 is 0 Å². The number of aryl methyl sites for hydroxylation is 2. The van der Waals surface area contributed by atoms with Gasteiger partial charge in [-0.1, -0.05) is 87.0 Å². The van der Waals surface area contributed by atoms with Crippen LogP contribution in [0.1, 0.15) is 59.1 Å². The number of benzene rings is 4. The highest BCUT2D eigenvalue weighted by Crippen LogP contribution is 2.28. The number of fused-ring (bicyclic) bond motifs is 1. The Morgan fingerprint density at radius 2 is 1.55 bits per heavy atom. The first-order chi connectivity index (χ1) is 19.9. The third kappa shape index (κ3) is 6.42. The number of nitrogens with one attached hydrogen (secondary N) is 2. The summed E-state index contributed by atoms with van der Waals surface area (Å²) >= 11 is 0. The van der Waals surface area contributed by atoms with Crippen LogP contribution in [0.5, 0.6) is 0 Å². The fourth-order valence-corrected chi connectivity index (χ4v) is 6.10. The van der Waals surface area contributed by atoms with E-state index in [9.17, 15) is 13.2 Å². The molecule has 0 radical (unpaired) electrons. The highest BCUT2D eigenvalue weighted by molar-refractivity contribution is 7.92. The smallest absolute Gasteiger partial charge is 0.268 e. The summed E-state index contributed by atoms with van der Waals surface area (Å²) in [6.45, 7) is 11.3. The van der Waals surface area contributed by atoms with Gasteiger partial charge in [-0.15, -0.1) is 0 Å². The lowest BCUT2D eigenvalue weighted by Crippen LogP contribution is -2.25. The third-order valence-electron chi connectivity index (χ3n) is 7.55. The van der Waals surface area contributed by atoms with Gasteiger partial charge < -0.3 is 9.88 Å². The molecule has 1 amide bonds. The zero-order chi connectivity index (χ0) is 30.1. The van der Waals surface area contributed by atoms with Gasteiger partial charge >= 0.3 is 0 Å². The molecule has 0 unspecified atom stereocenters. The first-order valence-electron chi connectivity index (χ1n) is 14.1. The van der Waals surface area contributed by atoms with Gasteiger partial charge in [0.25, 0.3) is 15.9 Å². The van der Waals surface area contributed by atoms with Crippen LogP contribution in [0.3, 0.4) is 0 Å². The van der Waals surface area contributed by atoms with Crippen molar-refractivity contribution in [3.05, 3.63) is 131 Å². The van der Waals surface area contributed by atoms with Gasteiger partial charge in [0.05, 0.1) is 4.90 Å². The Morgan fingerprint density at radius 1 is 0.833 bits per heavy atom. The summed E-state index contributed by atoms with van der Waals surface area (Å²) in [5.74, 6) is -0.193. The summed E-state index contributed by atoms with van der Waals surface area (Å²) in [7, 11) is -3.80. The fraction of sp³-hybridized carbons (Fsp3) is 0.229. The topological polar surface area (TPSA) is 80.2 Å². The fourth-order valence-electron chi connectivity index (χ4n) is 5.05. The molecule has 0 spiro atoms. The third-order valence-corrected chi connectivity index (χ3v) is 8.94. The van der Waals surface area contributed by atoms with Gasteiger partial charge in [-0.2, -0.15) is 0 Å². The molecule has 0 saturated heterocycles. The number of hydrogen-bond acceptors (Lipinski definition) is 3. The molecule has 0 saturated carbocycles. The molecule has 216 valence electrons. The molecule has 7 heteroatoms. The number of nitrogens with zero attached hydrogens (tertiary/aromatic N) is 1. The van der Waals surface area contributed by atoms with E-state index in [0.717, 1.165) is 38.7 Å². The number of anilines is 1. The molecule has 5 aromatic rings. The maximum Gasteiger partial charge on any atom is 0.268 e. The summed E-state index contributed by atoms with van der Waals surface area (Å²) in [6.07, 6.45) is 0. The van der Waals surface area contributed by atoms with E-state index in [1.165, 1.54) is 0 Å². The SMILES string of the molecule is Cc1ccc(C)c(Cn2c(C(=O)NCc3ccccc3)cc3cc(NS(=O)(=O)c4ccc(C(C)(C)C)cc4)ccc32)c1. The van der Waals surface area contributed by atoms with Gasteiger partial charge in [0.15, 0.2) is 0 Å². The van der Waals surface area contributed by atoms with Crippen LogP contribution in [0.4, 0.5) is 5.69 Å². The Bertz CT molecular complexity index is 1850. The second-order valence-electron chi connectivity index (χ2n) is 11.9. The Balaban J connectivity index is 1.48. The van der Waals surface area contributed by atoms with Crippen molar-refractivity contribution in [3.63, 3.8) is 0 Å². The zero-order valence-corrected chi connectivity index (χ0v) is 25.5. The van der Waals surface area contributed by atoms with E-state index in [4.69, 9.17) is 0 Å². The van der Waals surface area contributed by atoms with E-state index in [1.807, 2.05) is 59.2 Å². The van der Waals surface area contributed by atoms with E-state index in [0.29, 0.717) is 24.5 Å². The Kier molecular flexibility index (Phi) is 7.97. The van der Waals surface area contributed by atoms with Gasteiger partial charge in [-0.3, -0.25) is 9.52 Å². The molecular weight excluding hydrogens is 542 g/mol. The number of aromatic nitrogens is 1. The van der Waals surface area contributed by atoms with Gasteiger partial charge in [0.2, 0.25) is 0 Å². The quantitative estimate of drug-likeness (QED) is 0.202. The first-order valence-corrected chi connectivity index (χ1v) is 15.5. The number of carbonyl (C=O) groups excluding carboxylic acids is 1. The van der Waals surface area contributed by atoms with E-state index in [-0.39, 0.29) is 16.2 Å². The molecule has 0 aliphatic rings. The minimum Gasteiger partial charge on any atom is -0.347 e. The molecule has 1 aromatic heterocycles. The van der Waals surface area contributed by atoms with E-state index in [1.54, 1.807) is 24.3 Å². The van der Waals surface area contributed by atoms with Crippen molar-refractivity contribution in [2.24, 2.45) is 0 Å². The maximum absolute atomic E-state index is 13.5. The number of amides is 1. The van der Waals surface area contributed by atoms with E-state index in [2.05, 4.69) is 62.9 Å². The lowest BCUT2D eigenvalue weighted by atomic mass is 9.87. The molecule has 42 heavy (non-hydrogen) atoms. The van der Waals surface area contributed by atoms with Crippen LogP contribution in [0.25, 0.3) is 10.9 Å². The second-order valence-corrected chi connectivity index (χ2v) is 13.5. The Morgan fingerprint density at radius 3 is 2.24 bits per heavy atom. The summed E-state index contributed by atoms with van der Waals surface area (Å²) in [5.41, 5.74) is 7.19. The molecule has 4 aromatic carbocycles. The van der Waals surface area contributed by atoms with Crippen molar-refractivity contribution < 1.29 is 13.2 Å². The monoisotopic (exact) mass is 579 g/mol. The Hall–Kier alpha value is -4.36. The highest BCUT2D eigenvalue weighted by atomic mass is 32.2. The predicted molar refractivity (Wildman–Crippen MR) is 171 cm³/mol. The average Bonchev–Trinajstić information content (AvgIpc) is 3.31. The number of carbonyl (C=O) groups is 1. The van der Waals surface area contributed by atoms with Crippen LogP contribution in [-0.2, 0) is 28.5 Å². The summed E-state index contributed by atoms with van der Waals surface area (Å²) in [4.78, 5) is 13.7. The molecule has 5 rings (SSSR count). The normalized spacial score (nSPS) is 11.9. The zero-order valence-electron chi connectivity index (χ0n) is 24.7. The molecule has 0 atom stereocenters. The van der Waals surface area contributed by atoms with Crippen molar-refractivity contribution in [1.29, 1.82) is 0 Å². The molecular formula is C35H37N3O3S. The summed E-state index contributed by atoms with van der Waals surface area (Å²) in [6, 6.07) is 30.3. The summed E-state index contributed by atoms with van der Waals surface area (Å²) in [5, 5.41) is 3.82. The van der Waals surface area contributed by atoms with Crippen molar-refractivity contribution in [2.45, 2.75) is 58.0 Å².